The van der Waals surface area contributed by atoms with Crippen molar-refractivity contribution in [2.75, 3.05) is 0 Å². The lowest BCUT2D eigenvalue weighted by Gasteiger charge is -2.03. The summed E-state index contributed by atoms with van der Waals surface area (Å²) in [6, 6.07) is 0. The van der Waals surface area contributed by atoms with Gasteiger partial charge in [0.2, 0.25) is 0 Å². The Kier molecular flexibility index (Phi) is 33.4. The molecule has 39 heavy (non-hydrogen) atoms. The molecule has 0 heterocycles. The normalized spacial score (nSPS) is 12.3. The number of unbranched alkanes of at least 4 members (excludes halogenated alkanes) is 19. The number of carbonyl (C=O) groups is 1. The summed E-state index contributed by atoms with van der Waals surface area (Å²) in [5.41, 5.74) is 0. The fourth-order valence-corrected chi connectivity index (χ4v) is 4.92. The first-order chi connectivity index (χ1) is 19.3. The van der Waals surface area contributed by atoms with Gasteiger partial charge in [0.25, 0.3) is 0 Å². The van der Waals surface area contributed by atoms with Crippen LogP contribution in [0.1, 0.15) is 187 Å². The Morgan fingerprint density at radius 2 is 0.641 bits per heavy atom. The molecule has 0 rings (SSSR count). The van der Waals surface area contributed by atoms with Gasteiger partial charge in [0.15, 0.2) is 0 Å². The largest absolute Gasteiger partial charge is 0.300 e. The highest BCUT2D eigenvalue weighted by molar-refractivity contribution is 5.78. The molecule has 0 aliphatic rings. The van der Waals surface area contributed by atoms with Crippen LogP contribution in [0.4, 0.5) is 0 Å². The third kappa shape index (κ3) is 34.6. The van der Waals surface area contributed by atoms with E-state index in [1.165, 1.54) is 135 Å². The lowest BCUT2D eigenvalue weighted by atomic mass is 10.0. The topological polar surface area (TPSA) is 17.1 Å². The summed E-state index contributed by atoms with van der Waals surface area (Å²) in [7, 11) is 0. The van der Waals surface area contributed by atoms with Gasteiger partial charge in [-0.1, -0.05) is 146 Å². The van der Waals surface area contributed by atoms with E-state index in [0.29, 0.717) is 5.78 Å². The first-order valence-electron chi connectivity index (χ1n) is 17.4. The fraction of sp³-hybridized carbons (Fsp3) is 0.763. The van der Waals surface area contributed by atoms with E-state index in [1.54, 1.807) is 0 Å². The molecule has 0 aliphatic carbocycles. The van der Waals surface area contributed by atoms with Gasteiger partial charge in [0.05, 0.1) is 0 Å². The number of ketones is 1. The molecule has 0 fully saturated rings. The molecular formula is C38H68O. The zero-order chi connectivity index (χ0) is 28.3. The summed E-state index contributed by atoms with van der Waals surface area (Å²) in [6.07, 6.45) is 52.0. The molecular weight excluding hydrogens is 472 g/mol. The Labute approximate surface area is 246 Å². The summed E-state index contributed by atoms with van der Waals surface area (Å²) in [4.78, 5) is 12.1. The third-order valence-electron chi connectivity index (χ3n) is 7.56. The Bertz CT molecular complexity index is 594. The van der Waals surface area contributed by atoms with Crippen molar-refractivity contribution in [2.24, 2.45) is 0 Å². The lowest BCUT2D eigenvalue weighted by Crippen LogP contribution is -1.97. The maximum atomic E-state index is 12.1. The molecule has 1 heteroatoms. The average molecular weight is 541 g/mol. The number of allylic oxidation sites excluding steroid dienone is 8. The molecule has 0 spiro atoms. The third-order valence-corrected chi connectivity index (χ3v) is 7.56. The Balaban J connectivity index is 3.29. The minimum atomic E-state index is 0.502. The summed E-state index contributed by atoms with van der Waals surface area (Å²) < 4.78 is 0. The molecule has 0 saturated heterocycles. The van der Waals surface area contributed by atoms with Gasteiger partial charge >= 0.3 is 0 Å². The minimum Gasteiger partial charge on any atom is -0.300 e. The molecule has 1 nitrogen and oxygen atoms in total. The van der Waals surface area contributed by atoms with Crippen LogP contribution in [0.2, 0.25) is 0 Å². The van der Waals surface area contributed by atoms with Crippen LogP contribution in [0.5, 0.6) is 0 Å². The zero-order valence-corrected chi connectivity index (χ0v) is 26.6. The van der Waals surface area contributed by atoms with Gasteiger partial charge in [-0.2, -0.15) is 0 Å². The molecule has 0 atom stereocenters. The van der Waals surface area contributed by atoms with Crippen LogP contribution >= 0.6 is 0 Å². The predicted octanol–water partition coefficient (Wildman–Crippen LogP) is 13.4. The monoisotopic (exact) mass is 541 g/mol. The second-order valence-corrected chi connectivity index (χ2v) is 11.6. The molecule has 0 unspecified atom stereocenters. The molecule has 0 N–H and O–H groups in total. The van der Waals surface area contributed by atoms with E-state index in [2.05, 4.69) is 62.5 Å². The Morgan fingerprint density at radius 3 is 0.974 bits per heavy atom. The maximum absolute atomic E-state index is 12.1. The van der Waals surface area contributed by atoms with Gasteiger partial charge < -0.3 is 0 Å². The maximum Gasteiger partial charge on any atom is 0.132 e. The van der Waals surface area contributed by atoms with Gasteiger partial charge in [-0.15, -0.1) is 0 Å². The van der Waals surface area contributed by atoms with Crippen molar-refractivity contribution < 1.29 is 4.79 Å². The van der Waals surface area contributed by atoms with Crippen LogP contribution < -0.4 is 0 Å². The van der Waals surface area contributed by atoms with Gasteiger partial charge in [-0.25, -0.2) is 0 Å². The quantitative estimate of drug-likeness (QED) is 0.0631. The molecule has 0 aromatic heterocycles. The molecule has 226 valence electrons. The SMILES string of the molecule is CCCCCC=CCC=CCCCCCCCCCC(=O)CCCCCCCCC=CCC=CCCCCC. The number of rotatable bonds is 31. The van der Waals surface area contributed by atoms with Crippen LogP contribution in [-0.2, 0) is 4.79 Å². The van der Waals surface area contributed by atoms with Gasteiger partial charge in [0.1, 0.15) is 5.78 Å². The van der Waals surface area contributed by atoms with E-state index in [1.807, 2.05) is 0 Å². The van der Waals surface area contributed by atoms with Crippen molar-refractivity contribution in [2.45, 2.75) is 187 Å². The Hall–Kier alpha value is -1.37. The van der Waals surface area contributed by atoms with Crippen LogP contribution in [0.15, 0.2) is 48.6 Å². The van der Waals surface area contributed by atoms with Gasteiger partial charge in [0, 0.05) is 12.8 Å². The van der Waals surface area contributed by atoms with Crippen LogP contribution in [-0.4, -0.2) is 5.78 Å². The molecule has 0 aliphatic heterocycles. The Morgan fingerprint density at radius 1 is 0.359 bits per heavy atom. The standard InChI is InChI=1S/C38H68O/c1-3-5-7-9-11-13-15-17-19-21-23-25-27-29-31-33-35-37-38(39)36-34-32-30-28-26-24-22-20-18-16-14-12-10-8-6-4-2/h11-14,17-20H,3-10,15-16,21-37H2,1-2H3. The summed E-state index contributed by atoms with van der Waals surface area (Å²) in [5.74, 6) is 0.502. The first kappa shape index (κ1) is 37.6. The molecule has 0 aromatic rings. The molecule has 0 bridgehead atoms. The van der Waals surface area contributed by atoms with Crippen molar-refractivity contribution in [1.82, 2.24) is 0 Å². The molecule has 0 amide bonds. The van der Waals surface area contributed by atoms with Gasteiger partial charge in [-0.05, 0) is 77.0 Å². The van der Waals surface area contributed by atoms with Crippen LogP contribution in [0.25, 0.3) is 0 Å². The van der Waals surface area contributed by atoms with Gasteiger partial charge in [-0.3, -0.25) is 4.79 Å². The zero-order valence-electron chi connectivity index (χ0n) is 26.6. The lowest BCUT2D eigenvalue weighted by molar-refractivity contribution is -0.119. The molecule has 0 aromatic carbocycles. The highest BCUT2D eigenvalue weighted by atomic mass is 16.1. The second kappa shape index (κ2) is 34.7. The van der Waals surface area contributed by atoms with Crippen molar-refractivity contribution in [3.8, 4) is 0 Å². The summed E-state index contributed by atoms with van der Waals surface area (Å²) in [6.45, 7) is 4.52. The van der Waals surface area contributed by atoms with E-state index in [-0.39, 0.29) is 0 Å². The summed E-state index contributed by atoms with van der Waals surface area (Å²) in [5, 5.41) is 0. The van der Waals surface area contributed by atoms with E-state index in [4.69, 9.17) is 0 Å². The minimum absolute atomic E-state index is 0.502. The predicted molar refractivity (Wildman–Crippen MR) is 178 cm³/mol. The smallest absolute Gasteiger partial charge is 0.132 e. The average Bonchev–Trinajstić information content (AvgIpc) is 2.94. The molecule has 0 radical (unpaired) electrons. The number of hydrogen-bond acceptors (Lipinski definition) is 1. The fourth-order valence-electron chi connectivity index (χ4n) is 4.92. The van der Waals surface area contributed by atoms with E-state index in [0.717, 1.165) is 38.5 Å². The molecule has 0 saturated carbocycles. The van der Waals surface area contributed by atoms with Crippen molar-refractivity contribution in [3.63, 3.8) is 0 Å². The van der Waals surface area contributed by atoms with E-state index >= 15 is 0 Å². The highest BCUT2D eigenvalue weighted by Crippen LogP contribution is 2.13. The van der Waals surface area contributed by atoms with Crippen molar-refractivity contribution >= 4 is 5.78 Å². The van der Waals surface area contributed by atoms with Crippen molar-refractivity contribution in [3.05, 3.63) is 48.6 Å². The summed E-state index contributed by atoms with van der Waals surface area (Å²) >= 11 is 0. The van der Waals surface area contributed by atoms with Crippen LogP contribution in [0.3, 0.4) is 0 Å². The number of Topliss-reactive ketones (excluding diaryl/α,β-unsaturated/α-hetero) is 1. The van der Waals surface area contributed by atoms with Crippen LogP contribution in [0, 0.1) is 0 Å². The number of hydrogen-bond donors (Lipinski definition) is 0. The number of carbonyl (C=O) groups excluding carboxylic acids is 1. The van der Waals surface area contributed by atoms with E-state index in [9.17, 15) is 4.79 Å². The highest BCUT2D eigenvalue weighted by Gasteiger charge is 2.02. The second-order valence-electron chi connectivity index (χ2n) is 11.6. The van der Waals surface area contributed by atoms with E-state index < -0.39 is 0 Å². The first-order valence-corrected chi connectivity index (χ1v) is 17.4. The van der Waals surface area contributed by atoms with Crippen molar-refractivity contribution in [1.29, 1.82) is 0 Å².